The van der Waals surface area contributed by atoms with E-state index >= 15 is 0 Å². The molecule has 0 radical (unpaired) electrons. The van der Waals surface area contributed by atoms with Crippen LogP contribution in [-0.4, -0.2) is 21.8 Å². The van der Waals surface area contributed by atoms with E-state index in [1.54, 1.807) is 0 Å². The maximum absolute atomic E-state index is 13.4. The summed E-state index contributed by atoms with van der Waals surface area (Å²) in [5.41, 5.74) is -3.70. The van der Waals surface area contributed by atoms with Gasteiger partial charge in [-0.3, -0.25) is 0 Å². The van der Waals surface area contributed by atoms with Crippen LogP contribution in [0.15, 0.2) is 18.2 Å². The van der Waals surface area contributed by atoms with Gasteiger partial charge in [-0.1, -0.05) is 6.07 Å². The van der Waals surface area contributed by atoms with Gasteiger partial charge in [0.25, 0.3) is 0 Å². The Labute approximate surface area is 99.7 Å². The van der Waals surface area contributed by atoms with Crippen LogP contribution in [-0.2, 0) is 17.4 Å². The summed E-state index contributed by atoms with van der Waals surface area (Å²) in [6.07, 6.45) is -5.29. The molecule has 1 atom stereocenters. The van der Waals surface area contributed by atoms with Crippen molar-refractivity contribution in [2.75, 3.05) is 0 Å². The van der Waals surface area contributed by atoms with E-state index in [1.165, 1.54) is 0 Å². The Hall–Kier alpha value is -1.63. The lowest BCUT2D eigenvalue weighted by Gasteiger charge is -2.18. The van der Waals surface area contributed by atoms with Gasteiger partial charge in [0.1, 0.15) is 5.82 Å². The SMILES string of the molecule is CC(O)(Cc1ccc(C(F)(F)F)cc1F)C(=O)O. The van der Waals surface area contributed by atoms with Crippen LogP contribution in [0, 0.1) is 5.82 Å². The maximum Gasteiger partial charge on any atom is 0.416 e. The third-order valence-electron chi connectivity index (χ3n) is 2.38. The average Bonchev–Trinajstić information content (AvgIpc) is 2.19. The van der Waals surface area contributed by atoms with Gasteiger partial charge in [0.15, 0.2) is 5.60 Å². The van der Waals surface area contributed by atoms with E-state index in [-0.39, 0.29) is 11.6 Å². The standard InChI is InChI=1S/C11H10F4O3/c1-10(18,9(16)17)5-6-2-3-7(4-8(6)12)11(13,14)15/h2-4,18H,5H2,1H3,(H,16,17). The summed E-state index contributed by atoms with van der Waals surface area (Å²) in [5.74, 6) is -2.78. The van der Waals surface area contributed by atoms with Crippen LogP contribution < -0.4 is 0 Å². The monoisotopic (exact) mass is 266 g/mol. The van der Waals surface area contributed by atoms with E-state index in [0.717, 1.165) is 13.0 Å². The maximum atomic E-state index is 13.4. The Morgan fingerprint density at radius 3 is 2.28 bits per heavy atom. The van der Waals surface area contributed by atoms with E-state index in [2.05, 4.69) is 0 Å². The van der Waals surface area contributed by atoms with Crippen LogP contribution >= 0.6 is 0 Å². The smallest absolute Gasteiger partial charge is 0.416 e. The summed E-state index contributed by atoms with van der Waals surface area (Å²) in [4.78, 5) is 10.6. The van der Waals surface area contributed by atoms with E-state index in [0.29, 0.717) is 6.07 Å². The fourth-order valence-corrected chi connectivity index (χ4v) is 1.31. The highest BCUT2D eigenvalue weighted by Crippen LogP contribution is 2.30. The van der Waals surface area contributed by atoms with Crippen molar-refractivity contribution >= 4 is 5.97 Å². The van der Waals surface area contributed by atoms with Gasteiger partial charge in [0.05, 0.1) is 5.56 Å². The van der Waals surface area contributed by atoms with Gasteiger partial charge < -0.3 is 10.2 Å². The number of rotatable bonds is 3. The molecule has 0 fully saturated rings. The zero-order valence-electron chi connectivity index (χ0n) is 9.25. The highest BCUT2D eigenvalue weighted by atomic mass is 19.4. The minimum Gasteiger partial charge on any atom is -0.479 e. The van der Waals surface area contributed by atoms with E-state index in [4.69, 9.17) is 5.11 Å². The highest BCUT2D eigenvalue weighted by Gasteiger charge is 2.34. The van der Waals surface area contributed by atoms with Crippen molar-refractivity contribution in [1.29, 1.82) is 0 Å². The minimum absolute atomic E-state index is 0.271. The Morgan fingerprint density at radius 2 is 1.89 bits per heavy atom. The molecule has 0 aliphatic rings. The number of hydrogen-bond donors (Lipinski definition) is 2. The van der Waals surface area contributed by atoms with Gasteiger partial charge in [-0.15, -0.1) is 0 Å². The molecule has 1 rings (SSSR count). The molecule has 0 aliphatic heterocycles. The zero-order valence-corrected chi connectivity index (χ0v) is 9.25. The Morgan fingerprint density at radius 1 is 1.33 bits per heavy atom. The molecular weight excluding hydrogens is 256 g/mol. The molecule has 0 saturated heterocycles. The first-order valence-corrected chi connectivity index (χ1v) is 4.85. The van der Waals surface area contributed by atoms with Gasteiger partial charge in [0.2, 0.25) is 0 Å². The molecule has 0 aromatic heterocycles. The molecule has 1 unspecified atom stereocenters. The second-order valence-corrected chi connectivity index (χ2v) is 4.06. The van der Waals surface area contributed by atoms with Gasteiger partial charge in [-0.05, 0) is 24.6 Å². The van der Waals surface area contributed by atoms with Gasteiger partial charge in [0, 0.05) is 6.42 Å². The molecule has 0 spiro atoms. The van der Waals surface area contributed by atoms with Gasteiger partial charge in [-0.25, -0.2) is 9.18 Å². The van der Waals surface area contributed by atoms with Crippen LogP contribution in [0.3, 0.4) is 0 Å². The molecule has 18 heavy (non-hydrogen) atoms. The average molecular weight is 266 g/mol. The summed E-state index contributed by atoms with van der Waals surface area (Å²) in [6.45, 7) is 0.937. The molecule has 2 N–H and O–H groups in total. The first-order chi connectivity index (χ1) is 8.04. The van der Waals surface area contributed by atoms with Crippen LogP contribution in [0.2, 0.25) is 0 Å². The zero-order chi connectivity index (χ0) is 14.1. The summed E-state index contributed by atoms with van der Waals surface area (Å²) in [7, 11) is 0. The van der Waals surface area contributed by atoms with E-state index < -0.39 is 35.5 Å². The number of aliphatic carboxylic acids is 1. The molecule has 0 amide bonds. The summed E-state index contributed by atoms with van der Waals surface area (Å²) >= 11 is 0. The number of hydrogen-bond acceptors (Lipinski definition) is 2. The number of aliphatic hydroxyl groups is 1. The van der Waals surface area contributed by atoms with Crippen molar-refractivity contribution in [3.63, 3.8) is 0 Å². The number of alkyl halides is 3. The number of carboxylic acid groups (broad SMARTS) is 1. The molecule has 0 aliphatic carbocycles. The third-order valence-corrected chi connectivity index (χ3v) is 2.38. The third kappa shape index (κ3) is 3.19. The topological polar surface area (TPSA) is 57.5 Å². The van der Waals surface area contributed by atoms with Crippen molar-refractivity contribution in [2.45, 2.75) is 25.1 Å². The number of halogens is 4. The number of carbonyl (C=O) groups is 1. The molecule has 0 saturated carbocycles. The summed E-state index contributed by atoms with van der Waals surface area (Å²) in [5, 5.41) is 18.0. The van der Waals surface area contributed by atoms with E-state index in [9.17, 15) is 27.5 Å². The first-order valence-electron chi connectivity index (χ1n) is 4.85. The quantitative estimate of drug-likeness (QED) is 0.825. The number of benzene rings is 1. The highest BCUT2D eigenvalue weighted by molar-refractivity contribution is 5.76. The first kappa shape index (κ1) is 14.4. The van der Waals surface area contributed by atoms with Crippen molar-refractivity contribution in [3.05, 3.63) is 35.1 Å². The minimum atomic E-state index is -4.67. The van der Waals surface area contributed by atoms with Crippen LogP contribution in [0.5, 0.6) is 0 Å². The van der Waals surface area contributed by atoms with Crippen LogP contribution in [0.1, 0.15) is 18.1 Å². The molecule has 1 aromatic rings. The second kappa shape index (κ2) is 4.56. The van der Waals surface area contributed by atoms with Gasteiger partial charge >= 0.3 is 12.1 Å². The lowest BCUT2D eigenvalue weighted by Crippen LogP contribution is -2.37. The van der Waals surface area contributed by atoms with Crippen molar-refractivity contribution in [2.24, 2.45) is 0 Å². The fraction of sp³-hybridized carbons (Fsp3) is 0.364. The molecular formula is C11H10F4O3. The molecule has 100 valence electrons. The molecule has 7 heteroatoms. The van der Waals surface area contributed by atoms with Crippen molar-refractivity contribution < 1.29 is 32.6 Å². The van der Waals surface area contributed by atoms with E-state index in [1.807, 2.05) is 0 Å². The fourth-order valence-electron chi connectivity index (χ4n) is 1.31. The lowest BCUT2D eigenvalue weighted by molar-refractivity contribution is -0.156. The molecule has 0 heterocycles. The molecule has 1 aromatic carbocycles. The number of carboxylic acids is 1. The van der Waals surface area contributed by atoms with Crippen LogP contribution in [0.4, 0.5) is 17.6 Å². The molecule has 0 bridgehead atoms. The largest absolute Gasteiger partial charge is 0.479 e. The summed E-state index contributed by atoms with van der Waals surface area (Å²) in [6, 6.07) is 1.72. The Kier molecular flexibility index (Phi) is 3.66. The normalized spacial score (nSPS) is 15.2. The van der Waals surface area contributed by atoms with Gasteiger partial charge in [-0.2, -0.15) is 13.2 Å². The lowest BCUT2D eigenvalue weighted by atomic mass is 9.95. The Bertz CT molecular complexity index is 466. The summed E-state index contributed by atoms with van der Waals surface area (Å²) < 4.78 is 50.1. The Balaban J connectivity index is 3.04. The predicted molar refractivity (Wildman–Crippen MR) is 53.4 cm³/mol. The predicted octanol–water partition coefficient (Wildman–Crippen LogP) is 2.22. The van der Waals surface area contributed by atoms with Crippen molar-refractivity contribution in [3.8, 4) is 0 Å². The van der Waals surface area contributed by atoms with Crippen molar-refractivity contribution in [1.82, 2.24) is 0 Å². The second-order valence-electron chi connectivity index (χ2n) is 4.06. The molecule has 3 nitrogen and oxygen atoms in total. The van der Waals surface area contributed by atoms with Crippen LogP contribution in [0.25, 0.3) is 0 Å².